The van der Waals surface area contributed by atoms with E-state index in [0.717, 1.165) is 17.0 Å². The average Bonchev–Trinajstić information content (AvgIpc) is 2.48. The molecule has 0 saturated carbocycles. The van der Waals surface area contributed by atoms with Crippen molar-refractivity contribution in [2.75, 3.05) is 18.6 Å². The number of anilines is 2. The molecule has 0 amide bonds. The van der Waals surface area contributed by atoms with E-state index in [4.69, 9.17) is 16.2 Å². The van der Waals surface area contributed by atoms with E-state index >= 15 is 0 Å². The zero-order valence-electron chi connectivity index (χ0n) is 12.3. The van der Waals surface area contributed by atoms with Crippen LogP contribution in [0.2, 0.25) is 0 Å². The molecule has 0 fully saturated rings. The number of nitrogen functional groups attached to an aromatic ring is 2. The molecule has 0 aromatic heterocycles. The molecule has 0 radical (unpaired) electrons. The zero-order valence-corrected chi connectivity index (χ0v) is 12.3. The normalized spacial score (nSPS) is 9.81. The van der Waals surface area contributed by atoms with Gasteiger partial charge in [0.05, 0.1) is 12.8 Å². The fourth-order valence-corrected chi connectivity index (χ4v) is 2.06. The van der Waals surface area contributed by atoms with Crippen LogP contribution in [0.5, 0.6) is 5.75 Å². The molecule has 0 aliphatic carbocycles. The summed E-state index contributed by atoms with van der Waals surface area (Å²) in [7, 11) is 1.61. The molecule has 0 heterocycles. The van der Waals surface area contributed by atoms with Crippen LogP contribution in [0, 0.1) is 6.92 Å². The third kappa shape index (κ3) is 3.89. The predicted octanol–water partition coefficient (Wildman–Crippen LogP) is 4.01. The molecule has 3 aromatic rings. The number of ether oxygens (including phenoxy) is 1. The lowest BCUT2D eigenvalue weighted by Gasteiger charge is -2.03. The van der Waals surface area contributed by atoms with Gasteiger partial charge in [-0.3, -0.25) is 0 Å². The number of methoxy groups -OCH3 is 1. The second-order valence-electron chi connectivity index (χ2n) is 4.85. The number of fused-ring (bicyclic) bond motifs is 1. The minimum Gasteiger partial charge on any atom is -0.495 e. The van der Waals surface area contributed by atoms with E-state index in [1.165, 1.54) is 10.8 Å². The smallest absolute Gasteiger partial charge is 0.141 e. The summed E-state index contributed by atoms with van der Waals surface area (Å²) in [5.74, 6) is 0.741. The van der Waals surface area contributed by atoms with Crippen LogP contribution in [0.4, 0.5) is 11.4 Å². The summed E-state index contributed by atoms with van der Waals surface area (Å²) in [5.41, 5.74) is 13.9. The average molecular weight is 280 g/mol. The van der Waals surface area contributed by atoms with Crippen molar-refractivity contribution in [1.82, 2.24) is 0 Å². The maximum atomic E-state index is 5.62. The minimum absolute atomic E-state index is 0.697. The molecule has 0 aliphatic rings. The molecular weight excluding hydrogens is 260 g/mol. The molecule has 0 unspecified atom stereocenters. The summed E-state index contributed by atoms with van der Waals surface area (Å²) in [5, 5.41) is 2.44. The van der Waals surface area contributed by atoms with Crippen molar-refractivity contribution < 1.29 is 4.74 Å². The molecule has 4 N–H and O–H groups in total. The van der Waals surface area contributed by atoms with Gasteiger partial charge in [-0.2, -0.15) is 0 Å². The van der Waals surface area contributed by atoms with Gasteiger partial charge < -0.3 is 16.2 Å². The molecule has 108 valence electrons. The van der Waals surface area contributed by atoms with Gasteiger partial charge in [0.2, 0.25) is 0 Å². The van der Waals surface area contributed by atoms with E-state index in [-0.39, 0.29) is 0 Å². The van der Waals surface area contributed by atoms with Crippen molar-refractivity contribution in [3.63, 3.8) is 0 Å². The van der Waals surface area contributed by atoms with Gasteiger partial charge in [0.25, 0.3) is 0 Å². The maximum Gasteiger partial charge on any atom is 0.141 e. The fraction of sp³-hybridized carbons (Fsp3) is 0.111. The second kappa shape index (κ2) is 6.66. The molecule has 0 aliphatic heterocycles. The van der Waals surface area contributed by atoms with E-state index in [2.05, 4.69) is 12.1 Å². The van der Waals surface area contributed by atoms with Crippen LogP contribution in [-0.2, 0) is 0 Å². The third-order valence-corrected chi connectivity index (χ3v) is 3.16. The van der Waals surface area contributed by atoms with E-state index < -0.39 is 0 Å². The van der Waals surface area contributed by atoms with E-state index in [1.54, 1.807) is 7.11 Å². The number of benzene rings is 3. The highest BCUT2D eigenvalue weighted by Crippen LogP contribution is 2.20. The summed E-state index contributed by atoms with van der Waals surface area (Å²) >= 11 is 0. The van der Waals surface area contributed by atoms with Crippen LogP contribution in [0.15, 0.2) is 60.7 Å². The third-order valence-electron chi connectivity index (χ3n) is 3.16. The largest absolute Gasteiger partial charge is 0.495 e. The fourth-order valence-electron chi connectivity index (χ4n) is 2.06. The molecule has 3 nitrogen and oxygen atoms in total. The van der Waals surface area contributed by atoms with Crippen LogP contribution >= 0.6 is 0 Å². The van der Waals surface area contributed by atoms with Crippen molar-refractivity contribution in [2.24, 2.45) is 0 Å². The number of hydrogen-bond donors (Lipinski definition) is 2. The van der Waals surface area contributed by atoms with Crippen molar-refractivity contribution in [1.29, 1.82) is 0 Å². The Balaban J connectivity index is 0.000000155. The van der Waals surface area contributed by atoms with Crippen LogP contribution in [-0.4, -0.2) is 7.11 Å². The van der Waals surface area contributed by atoms with E-state index in [9.17, 15) is 0 Å². The highest BCUT2D eigenvalue weighted by molar-refractivity contribution is 5.85. The van der Waals surface area contributed by atoms with Crippen molar-refractivity contribution in [3.05, 3.63) is 66.2 Å². The number of nitrogens with two attached hydrogens (primary N) is 2. The molecular formula is C18H20N2O. The van der Waals surface area contributed by atoms with Gasteiger partial charge in [-0.25, -0.2) is 0 Å². The van der Waals surface area contributed by atoms with Crippen molar-refractivity contribution >= 4 is 22.1 Å². The number of hydrogen-bond acceptors (Lipinski definition) is 3. The van der Waals surface area contributed by atoms with E-state index in [0.29, 0.717) is 5.69 Å². The minimum atomic E-state index is 0.697. The Morgan fingerprint density at radius 1 is 0.810 bits per heavy atom. The number of aryl methyl sites for hydroxylation is 1. The van der Waals surface area contributed by atoms with Gasteiger partial charge in [-0.05, 0) is 47.5 Å². The zero-order chi connectivity index (χ0) is 15.2. The topological polar surface area (TPSA) is 61.3 Å². The van der Waals surface area contributed by atoms with Gasteiger partial charge in [0.15, 0.2) is 0 Å². The van der Waals surface area contributed by atoms with Gasteiger partial charge in [0, 0.05) is 5.69 Å². The molecule has 3 rings (SSSR count). The van der Waals surface area contributed by atoms with Crippen LogP contribution in [0.3, 0.4) is 0 Å². The van der Waals surface area contributed by atoms with Gasteiger partial charge in [0.1, 0.15) is 5.75 Å². The summed E-state index contributed by atoms with van der Waals surface area (Å²) in [4.78, 5) is 0. The monoisotopic (exact) mass is 280 g/mol. The van der Waals surface area contributed by atoms with Gasteiger partial charge >= 0.3 is 0 Å². The Labute approximate surface area is 125 Å². The van der Waals surface area contributed by atoms with Gasteiger partial charge in [-0.1, -0.05) is 36.4 Å². The standard InChI is InChI=1S/C10H9N.C8H11NO/c11-10-6-5-8-3-1-2-4-9(8)7-10;1-6-3-4-8(10-2)7(9)5-6/h1-7H,11H2;3-5H,9H2,1-2H3. The van der Waals surface area contributed by atoms with Crippen LogP contribution in [0.1, 0.15) is 5.56 Å². The van der Waals surface area contributed by atoms with Crippen molar-refractivity contribution in [3.8, 4) is 5.75 Å². The summed E-state index contributed by atoms with van der Waals surface area (Å²) in [6.07, 6.45) is 0. The number of rotatable bonds is 1. The molecule has 0 spiro atoms. The lowest BCUT2D eigenvalue weighted by Crippen LogP contribution is -1.91. The Hall–Kier alpha value is -2.68. The van der Waals surface area contributed by atoms with E-state index in [1.807, 2.05) is 55.5 Å². The summed E-state index contributed by atoms with van der Waals surface area (Å²) in [6.45, 7) is 2.00. The molecule has 0 bridgehead atoms. The highest BCUT2D eigenvalue weighted by atomic mass is 16.5. The first kappa shape index (κ1) is 14.7. The molecule has 21 heavy (non-hydrogen) atoms. The molecule has 3 heteroatoms. The first-order valence-electron chi connectivity index (χ1n) is 6.74. The lowest BCUT2D eigenvalue weighted by atomic mass is 10.1. The Morgan fingerprint density at radius 2 is 1.52 bits per heavy atom. The SMILES string of the molecule is COc1ccc(C)cc1N.Nc1ccc2ccccc2c1. The van der Waals surface area contributed by atoms with Crippen molar-refractivity contribution in [2.45, 2.75) is 6.92 Å². The first-order valence-corrected chi connectivity index (χ1v) is 6.74. The Bertz CT molecular complexity index is 738. The highest BCUT2D eigenvalue weighted by Gasteiger charge is 1.95. The molecule has 0 saturated heterocycles. The van der Waals surface area contributed by atoms with Crippen LogP contribution in [0.25, 0.3) is 10.8 Å². The Kier molecular flexibility index (Phi) is 4.67. The van der Waals surface area contributed by atoms with Crippen LogP contribution < -0.4 is 16.2 Å². The predicted molar refractivity (Wildman–Crippen MR) is 90.5 cm³/mol. The maximum absolute atomic E-state index is 5.62. The first-order chi connectivity index (χ1) is 10.1. The summed E-state index contributed by atoms with van der Waals surface area (Å²) < 4.78 is 4.97. The quantitative estimate of drug-likeness (QED) is 0.662. The second-order valence-corrected chi connectivity index (χ2v) is 4.85. The molecule has 3 aromatic carbocycles. The molecule has 0 atom stereocenters. The Morgan fingerprint density at radius 3 is 2.19 bits per heavy atom. The lowest BCUT2D eigenvalue weighted by molar-refractivity contribution is 0.417. The van der Waals surface area contributed by atoms with Gasteiger partial charge in [-0.15, -0.1) is 0 Å². The summed E-state index contributed by atoms with van der Waals surface area (Å²) in [6, 6.07) is 19.8.